The molecule has 3 N–H and O–H groups in total. The zero-order chi connectivity index (χ0) is 19.9. The minimum atomic E-state index is -1.84. The number of hydrogen-bond acceptors (Lipinski definition) is 2. The van der Waals surface area contributed by atoms with Crippen molar-refractivity contribution in [1.82, 2.24) is 10.6 Å². The number of hydrogen-bond donors (Lipinski definition) is 3. The largest absolute Gasteiger partial charge is 0.339 e. The van der Waals surface area contributed by atoms with Gasteiger partial charge in [0.15, 0.2) is 5.11 Å². The van der Waals surface area contributed by atoms with Crippen LogP contribution in [0.15, 0.2) is 60.7 Å². The van der Waals surface area contributed by atoms with Gasteiger partial charge in [0.1, 0.15) is 6.17 Å². The molecule has 0 saturated heterocycles. The Hall–Kier alpha value is -1.50. The molecule has 2 rings (SSSR count). The van der Waals surface area contributed by atoms with Gasteiger partial charge in [0.05, 0.1) is 10.7 Å². The molecule has 0 aromatic heterocycles. The Bertz CT molecular complexity index is 825. The maximum Gasteiger partial charge on any atom is 0.245 e. The van der Waals surface area contributed by atoms with Gasteiger partial charge in [-0.15, -0.1) is 0 Å². The number of benzene rings is 2. The number of rotatable bonds is 5. The lowest BCUT2D eigenvalue weighted by Gasteiger charge is -2.27. The Kier molecular flexibility index (Phi) is 8.20. The summed E-state index contributed by atoms with van der Waals surface area (Å²) in [5.74, 6) is -0.455. The molecule has 0 heterocycles. The molecular formula is C18H15Cl4N3OS. The average molecular weight is 463 g/mol. The molecule has 0 unspecified atom stereocenters. The summed E-state index contributed by atoms with van der Waals surface area (Å²) in [6.07, 6.45) is 1.91. The van der Waals surface area contributed by atoms with Gasteiger partial charge >= 0.3 is 0 Å². The third-order valence-electron chi connectivity index (χ3n) is 3.24. The number of alkyl halides is 3. The van der Waals surface area contributed by atoms with Crippen molar-refractivity contribution in [3.8, 4) is 0 Å². The van der Waals surface area contributed by atoms with E-state index in [1.165, 1.54) is 6.08 Å². The van der Waals surface area contributed by atoms with Crippen LogP contribution in [0.1, 0.15) is 5.56 Å². The summed E-state index contributed by atoms with van der Waals surface area (Å²) < 4.78 is -1.84. The molecule has 0 fully saturated rings. The van der Waals surface area contributed by atoms with Gasteiger partial charge in [0.25, 0.3) is 0 Å². The highest BCUT2D eigenvalue weighted by molar-refractivity contribution is 7.80. The first-order chi connectivity index (χ1) is 12.8. The van der Waals surface area contributed by atoms with Gasteiger partial charge in [-0.2, -0.15) is 0 Å². The smallest absolute Gasteiger partial charge is 0.245 e. The molecule has 9 heteroatoms. The molecule has 0 aliphatic heterocycles. The molecule has 1 atom stereocenters. The summed E-state index contributed by atoms with van der Waals surface area (Å²) in [5.41, 5.74) is 1.44. The summed E-state index contributed by atoms with van der Waals surface area (Å²) in [4.78, 5) is 12.2. The normalized spacial score (nSPS) is 12.4. The lowest BCUT2D eigenvalue weighted by atomic mass is 10.2. The van der Waals surface area contributed by atoms with Gasteiger partial charge in [0, 0.05) is 6.08 Å². The number of para-hydroxylation sites is 1. The summed E-state index contributed by atoms with van der Waals surface area (Å²) in [5, 5.41) is 8.82. The van der Waals surface area contributed by atoms with E-state index in [2.05, 4.69) is 16.0 Å². The van der Waals surface area contributed by atoms with Crippen LogP contribution in [0, 0.1) is 0 Å². The van der Waals surface area contributed by atoms with Crippen LogP contribution in [0.4, 0.5) is 5.69 Å². The molecule has 0 saturated carbocycles. The van der Waals surface area contributed by atoms with Gasteiger partial charge in [0.2, 0.25) is 9.70 Å². The highest BCUT2D eigenvalue weighted by Gasteiger charge is 2.34. The minimum Gasteiger partial charge on any atom is -0.339 e. The predicted octanol–water partition coefficient (Wildman–Crippen LogP) is 5.15. The van der Waals surface area contributed by atoms with Crippen molar-refractivity contribution in [3.05, 3.63) is 71.3 Å². The van der Waals surface area contributed by atoms with Crippen molar-refractivity contribution in [2.24, 2.45) is 0 Å². The topological polar surface area (TPSA) is 53.2 Å². The standard InChI is InChI=1S/C18H15Cl4N3OS/c19-13-8-4-5-9-14(13)23-17(27)25-16(18(20,21)22)24-15(26)11-10-12-6-2-1-3-7-12/h1-11,16H,(H,24,26)(H2,23,25,27)/b11-10+/t16-/m0/s1. The molecule has 0 spiro atoms. The molecule has 1 amide bonds. The molecule has 0 bridgehead atoms. The van der Waals surface area contributed by atoms with Crippen LogP contribution in [0.2, 0.25) is 5.02 Å². The predicted molar refractivity (Wildman–Crippen MR) is 119 cm³/mol. The molecular weight excluding hydrogens is 448 g/mol. The van der Waals surface area contributed by atoms with E-state index in [-0.39, 0.29) is 5.11 Å². The zero-order valence-electron chi connectivity index (χ0n) is 13.8. The number of nitrogens with one attached hydrogen (secondary N) is 3. The Labute approximate surface area is 182 Å². The molecule has 27 heavy (non-hydrogen) atoms. The van der Waals surface area contributed by atoms with Crippen molar-refractivity contribution in [2.75, 3.05) is 5.32 Å². The third-order valence-corrected chi connectivity index (χ3v) is 4.44. The van der Waals surface area contributed by atoms with E-state index in [0.717, 1.165) is 5.56 Å². The molecule has 4 nitrogen and oxygen atoms in total. The summed E-state index contributed by atoms with van der Waals surface area (Å²) in [6, 6.07) is 16.3. The summed E-state index contributed by atoms with van der Waals surface area (Å²) >= 11 is 29.1. The van der Waals surface area contributed by atoms with Gasteiger partial charge in [-0.05, 0) is 36.0 Å². The fourth-order valence-corrected chi connectivity index (χ4v) is 2.72. The van der Waals surface area contributed by atoms with E-state index in [0.29, 0.717) is 10.7 Å². The van der Waals surface area contributed by atoms with E-state index < -0.39 is 15.9 Å². The Morgan fingerprint density at radius 1 is 1.00 bits per heavy atom. The highest BCUT2D eigenvalue weighted by Crippen LogP contribution is 2.29. The number of amides is 1. The lowest BCUT2D eigenvalue weighted by molar-refractivity contribution is -0.117. The van der Waals surface area contributed by atoms with Gasteiger partial charge < -0.3 is 16.0 Å². The van der Waals surface area contributed by atoms with Crippen LogP contribution in [-0.4, -0.2) is 21.0 Å². The first-order valence-corrected chi connectivity index (χ1v) is 9.60. The van der Waals surface area contributed by atoms with E-state index in [1.54, 1.807) is 30.3 Å². The first kappa shape index (κ1) is 21.8. The quantitative estimate of drug-likeness (QED) is 0.249. The second-order valence-corrected chi connectivity index (χ2v) is 8.49. The fraction of sp³-hybridized carbons (Fsp3) is 0.111. The lowest BCUT2D eigenvalue weighted by Crippen LogP contribution is -2.55. The van der Waals surface area contributed by atoms with Crippen molar-refractivity contribution in [2.45, 2.75) is 9.96 Å². The molecule has 0 radical (unpaired) electrons. The third kappa shape index (κ3) is 7.56. The van der Waals surface area contributed by atoms with Gasteiger partial charge in [-0.25, -0.2) is 0 Å². The fourth-order valence-electron chi connectivity index (χ4n) is 1.98. The molecule has 142 valence electrons. The maximum atomic E-state index is 12.2. The zero-order valence-corrected chi connectivity index (χ0v) is 17.6. The van der Waals surface area contributed by atoms with Crippen molar-refractivity contribution >= 4 is 81.4 Å². The number of anilines is 1. The van der Waals surface area contributed by atoms with Gasteiger partial charge in [-0.3, -0.25) is 4.79 Å². The summed E-state index contributed by atoms with van der Waals surface area (Å²) in [6.45, 7) is 0. The SMILES string of the molecule is O=C(/C=C/c1ccccc1)N[C@@H](NC(=S)Nc1ccccc1Cl)C(Cl)(Cl)Cl. The van der Waals surface area contributed by atoms with Crippen LogP contribution < -0.4 is 16.0 Å². The van der Waals surface area contributed by atoms with Crippen LogP contribution >= 0.6 is 58.6 Å². The number of thiocarbonyl (C=S) groups is 1. The molecule has 0 aliphatic carbocycles. The van der Waals surface area contributed by atoms with E-state index >= 15 is 0 Å². The van der Waals surface area contributed by atoms with Crippen LogP contribution in [0.5, 0.6) is 0 Å². The van der Waals surface area contributed by atoms with Crippen LogP contribution in [0.3, 0.4) is 0 Å². The molecule has 2 aromatic rings. The Balaban J connectivity index is 2.00. The second kappa shape index (κ2) is 10.2. The monoisotopic (exact) mass is 461 g/mol. The number of carbonyl (C=O) groups is 1. The molecule has 0 aliphatic rings. The van der Waals surface area contributed by atoms with Crippen molar-refractivity contribution in [1.29, 1.82) is 0 Å². The minimum absolute atomic E-state index is 0.131. The van der Waals surface area contributed by atoms with Crippen molar-refractivity contribution in [3.63, 3.8) is 0 Å². The summed E-state index contributed by atoms with van der Waals surface area (Å²) in [7, 11) is 0. The van der Waals surface area contributed by atoms with Gasteiger partial charge in [-0.1, -0.05) is 88.9 Å². The van der Waals surface area contributed by atoms with E-state index in [1.807, 2.05) is 30.3 Å². The van der Waals surface area contributed by atoms with E-state index in [4.69, 9.17) is 58.6 Å². The second-order valence-electron chi connectivity index (χ2n) is 5.31. The maximum absolute atomic E-state index is 12.2. The first-order valence-electron chi connectivity index (χ1n) is 7.68. The van der Waals surface area contributed by atoms with Crippen LogP contribution in [0.25, 0.3) is 6.08 Å². The Morgan fingerprint density at radius 3 is 2.26 bits per heavy atom. The number of halogens is 4. The van der Waals surface area contributed by atoms with Crippen LogP contribution in [-0.2, 0) is 4.79 Å². The Morgan fingerprint density at radius 2 is 1.63 bits per heavy atom. The van der Waals surface area contributed by atoms with Crippen molar-refractivity contribution < 1.29 is 4.79 Å². The average Bonchev–Trinajstić information content (AvgIpc) is 2.61. The number of carbonyl (C=O) groups excluding carboxylic acids is 1. The molecule has 2 aromatic carbocycles. The highest BCUT2D eigenvalue weighted by atomic mass is 35.6. The van der Waals surface area contributed by atoms with E-state index in [9.17, 15) is 4.79 Å².